The van der Waals surface area contributed by atoms with Crippen LogP contribution in [-0.2, 0) is 37.3 Å². The van der Waals surface area contributed by atoms with Crippen molar-refractivity contribution in [2.24, 2.45) is 0 Å². The van der Waals surface area contributed by atoms with Crippen LogP contribution < -0.4 is 10.6 Å². The first-order chi connectivity index (χ1) is 11.3. The van der Waals surface area contributed by atoms with Crippen molar-refractivity contribution in [2.45, 2.75) is 45.4 Å². The normalized spacial score (nSPS) is 16.5. The van der Waals surface area contributed by atoms with Gasteiger partial charge in [0.1, 0.15) is 5.82 Å². The van der Waals surface area contributed by atoms with E-state index in [-0.39, 0.29) is 6.03 Å². The number of nitrogens with one attached hydrogen (secondary N) is 2. The summed E-state index contributed by atoms with van der Waals surface area (Å²) in [7, 11) is 0. The van der Waals surface area contributed by atoms with E-state index in [1.54, 1.807) is 0 Å². The number of hydrogen-bond acceptors (Lipinski definition) is 5. The first-order valence-corrected chi connectivity index (χ1v) is 8.76. The highest BCUT2D eigenvalue weighted by Gasteiger charge is 2.17. The van der Waals surface area contributed by atoms with E-state index in [9.17, 15) is 4.79 Å². The average molecular weight is 333 g/mol. The number of carbonyl (C=O) groups excluding carboxylic acids is 1. The van der Waals surface area contributed by atoms with Crippen molar-refractivity contribution in [3.63, 3.8) is 0 Å². The number of urea groups is 1. The molecule has 2 aliphatic rings. The van der Waals surface area contributed by atoms with Crippen molar-refractivity contribution < 1.29 is 9.53 Å². The van der Waals surface area contributed by atoms with Gasteiger partial charge in [0.15, 0.2) is 5.13 Å². The molecule has 0 fully saturated rings. The van der Waals surface area contributed by atoms with E-state index in [1.165, 1.54) is 24.2 Å². The molecule has 7 nitrogen and oxygen atoms in total. The Balaban J connectivity index is 1.33. The van der Waals surface area contributed by atoms with Crippen LogP contribution in [0.3, 0.4) is 0 Å². The average Bonchev–Trinajstić information content (AvgIpc) is 3.15. The first-order valence-electron chi connectivity index (χ1n) is 7.94. The number of ether oxygens (including phenoxy) is 1. The molecule has 0 radical (unpaired) electrons. The van der Waals surface area contributed by atoms with Gasteiger partial charge in [0.05, 0.1) is 36.0 Å². The van der Waals surface area contributed by atoms with E-state index in [2.05, 4.69) is 25.2 Å². The molecule has 8 heteroatoms. The van der Waals surface area contributed by atoms with Gasteiger partial charge in [0, 0.05) is 25.6 Å². The summed E-state index contributed by atoms with van der Waals surface area (Å²) in [6.45, 7) is 2.76. The molecule has 0 aliphatic carbocycles. The molecule has 0 aromatic carbocycles. The molecule has 0 bridgehead atoms. The standard InChI is InChI=1S/C15H19N5O2S/c21-14(19-15-18-11-4-6-22-9-12(11)23-15)16-7-10-8-20-5-2-1-3-13(20)17-10/h8H,1-7,9H2,(H2,16,18,19,21). The quantitative estimate of drug-likeness (QED) is 0.901. The molecule has 4 rings (SSSR count). The number of imidazole rings is 1. The molecule has 0 atom stereocenters. The fraction of sp³-hybridized carbons (Fsp3) is 0.533. The summed E-state index contributed by atoms with van der Waals surface area (Å²) in [5.41, 5.74) is 1.95. The molecule has 2 aromatic heterocycles. The summed E-state index contributed by atoms with van der Waals surface area (Å²) in [6, 6.07) is -0.247. The topological polar surface area (TPSA) is 81.1 Å². The number of aromatic nitrogens is 3. The third-order valence-electron chi connectivity index (χ3n) is 4.10. The van der Waals surface area contributed by atoms with Crippen LogP contribution in [0.15, 0.2) is 6.20 Å². The Kier molecular flexibility index (Phi) is 4.00. The molecule has 0 saturated carbocycles. The highest BCUT2D eigenvalue weighted by Crippen LogP contribution is 2.26. The second kappa shape index (κ2) is 6.29. The molecular formula is C15H19N5O2S. The van der Waals surface area contributed by atoms with Crippen molar-refractivity contribution in [3.05, 3.63) is 28.3 Å². The zero-order chi connectivity index (χ0) is 15.6. The predicted molar refractivity (Wildman–Crippen MR) is 86.5 cm³/mol. The summed E-state index contributed by atoms with van der Waals surface area (Å²) in [5.74, 6) is 1.13. The van der Waals surface area contributed by atoms with Crippen LogP contribution in [0.1, 0.15) is 34.9 Å². The number of fused-ring (bicyclic) bond motifs is 2. The van der Waals surface area contributed by atoms with Gasteiger partial charge >= 0.3 is 6.03 Å². The van der Waals surface area contributed by atoms with Crippen LogP contribution in [0, 0.1) is 0 Å². The lowest BCUT2D eigenvalue weighted by Gasteiger charge is -2.11. The summed E-state index contributed by atoms with van der Waals surface area (Å²) in [6.07, 6.45) is 6.28. The van der Waals surface area contributed by atoms with Gasteiger partial charge in [-0.25, -0.2) is 14.8 Å². The molecule has 122 valence electrons. The molecule has 2 aromatic rings. The van der Waals surface area contributed by atoms with Gasteiger partial charge in [-0.3, -0.25) is 5.32 Å². The maximum atomic E-state index is 12.0. The van der Waals surface area contributed by atoms with Gasteiger partial charge in [-0.2, -0.15) is 0 Å². The fourth-order valence-electron chi connectivity index (χ4n) is 2.95. The van der Waals surface area contributed by atoms with Gasteiger partial charge in [-0.1, -0.05) is 11.3 Å². The largest absolute Gasteiger partial charge is 0.375 e. The molecule has 0 saturated heterocycles. The van der Waals surface area contributed by atoms with Crippen LogP contribution in [0.5, 0.6) is 0 Å². The smallest absolute Gasteiger partial charge is 0.321 e. The van der Waals surface area contributed by atoms with Crippen molar-refractivity contribution in [1.82, 2.24) is 19.9 Å². The lowest BCUT2D eigenvalue weighted by molar-refractivity contribution is 0.112. The second-order valence-corrected chi connectivity index (χ2v) is 6.88. The molecule has 0 spiro atoms. The number of aryl methyl sites for hydroxylation is 2. The zero-order valence-electron chi connectivity index (χ0n) is 12.8. The number of carbonyl (C=O) groups is 1. The van der Waals surface area contributed by atoms with Crippen molar-refractivity contribution in [1.29, 1.82) is 0 Å². The van der Waals surface area contributed by atoms with Crippen LogP contribution in [-0.4, -0.2) is 27.2 Å². The van der Waals surface area contributed by atoms with E-state index >= 15 is 0 Å². The van der Waals surface area contributed by atoms with Crippen molar-refractivity contribution >= 4 is 22.5 Å². The van der Waals surface area contributed by atoms with Crippen LogP contribution in [0.4, 0.5) is 9.93 Å². The van der Waals surface area contributed by atoms with E-state index in [1.807, 2.05) is 6.20 Å². The molecule has 2 N–H and O–H groups in total. The first kappa shape index (κ1) is 14.6. The zero-order valence-corrected chi connectivity index (χ0v) is 13.6. The molecule has 23 heavy (non-hydrogen) atoms. The van der Waals surface area contributed by atoms with E-state index in [0.717, 1.165) is 41.5 Å². The van der Waals surface area contributed by atoms with Crippen LogP contribution in [0.25, 0.3) is 0 Å². The molecular weight excluding hydrogens is 314 g/mol. The molecule has 0 unspecified atom stereocenters. The summed E-state index contributed by atoms with van der Waals surface area (Å²) in [5, 5.41) is 6.27. The number of thiazole rings is 1. The Hall–Kier alpha value is -1.93. The number of rotatable bonds is 3. The number of hydrogen-bond donors (Lipinski definition) is 2. The number of anilines is 1. The van der Waals surface area contributed by atoms with Gasteiger partial charge < -0.3 is 14.6 Å². The third-order valence-corrected chi connectivity index (χ3v) is 5.09. The molecule has 2 amide bonds. The summed E-state index contributed by atoms with van der Waals surface area (Å²) >= 11 is 1.48. The van der Waals surface area contributed by atoms with E-state index in [4.69, 9.17) is 4.74 Å². The molecule has 2 aliphatic heterocycles. The minimum absolute atomic E-state index is 0.247. The monoisotopic (exact) mass is 333 g/mol. The summed E-state index contributed by atoms with van der Waals surface area (Å²) in [4.78, 5) is 22.1. The highest BCUT2D eigenvalue weighted by molar-refractivity contribution is 7.15. The lowest BCUT2D eigenvalue weighted by Crippen LogP contribution is -2.28. The predicted octanol–water partition coefficient (Wildman–Crippen LogP) is 2.07. The van der Waals surface area contributed by atoms with Crippen molar-refractivity contribution in [3.8, 4) is 0 Å². The minimum Gasteiger partial charge on any atom is -0.375 e. The van der Waals surface area contributed by atoms with E-state index in [0.29, 0.717) is 24.9 Å². The summed E-state index contributed by atoms with van der Waals surface area (Å²) < 4.78 is 7.58. The number of nitrogens with zero attached hydrogens (tertiary/aromatic N) is 3. The van der Waals surface area contributed by atoms with Gasteiger partial charge in [0.25, 0.3) is 0 Å². The highest BCUT2D eigenvalue weighted by atomic mass is 32.1. The van der Waals surface area contributed by atoms with Crippen LogP contribution >= 0.6 is 11.3 Å². The Bertz CT molecular complexity index is 677. The maximum absolute atomic E-state index is 12.0. The van der Waals surface area contributed by atoms with E-state index < -0.39 is 0 Å². The van der Waals surface area contributed by atoms with Gasteiger partial charge in [-0.15, -0.1) is 0 Å². The Morgan fingerprint density at radius 3 is 3.17 bits per heavy atom. The second-order valence-electron chi connectivity index (χ2n) is 5.80. The molecule has 4 heterocycles. The lowest BCUT2D eigenvalue weighted by atomic mass is 10.2. The Morgan fingerprint density at radius 2 is 2.30 bits per heavy atom. The van der Waals surface area contributed by atoms with Gasteiger partial charge in [0.2, 0.25) is 0 Å². The maximum Gasteiger partial charge on any atom is 0.321 e. The number of amides is 2. The SMILES string of the molecule is O=C(NCc1cn2c(n1)CCCC2)Nc1nc2c(s1)COCC2. The van der Waals surface area contributed by atoms with Crippen LogP contribution in [0.2, 0.25) is 0 Å². The van der Waals surface area contributed by atoms with Gasteiger partial charge in [-0.05, 0) is 12.8 Å². The third kappa shape index (κ3) is 3.23. The van der Waals surface area contributed by atoms with Crippen molar-refractivity contribution in [2.75, 3.05) is 11.9 Å². The fourth-order valence-corrected chi connectivity index (χ4v) is 3.89. The Morgan fingerprint density at radius 1 is 1.35 bits per heavy atom. The Labute approximate surface area is 138 Å². The minimum atomic E-state index is -0.247.